The maximum absolute atomic E-state index is 9.37. The van der Waals surface area contributed by atoms with Gasteiger partial charge in [-0.3, -0.25) is 0 Å². The third-order valence-corrected chi connectivity index (χ3v) is 3.45. The highest BCUT2D eigenvalue weighted by Gasteiger charge is 2.33. The average Bonchev–Trinajstić information content (AvgIpc) is 3.21. The van der Waals surface area contributed by atoms with Crippen molar-refractivity contribution in [3.05, 3.63) is 21.8 Å². The van der Waals surface area contributed by atoms with E-state index in [1.165, 1.54) is 0 Å². The number of nitrogens with zero attached hydrogens (tertiary/aromatic N) is 4. The van der Waals surface area contributed by atoms with Gasteiger partial charge in [0, 0.05) is 13.6 Å². The number of nitriles is 2. The summed E-state index contributed by atoms with van der Waals surface area (Å²) in [5, 5.41) is 27.7. The van der Waals surface area contributed by atoms with Crippen molar-refractivity contribution in [1.82, 2.24) is 4.98 Å². The van der Waals surface area contributed by atoms with Gasteiger partial charge in [0.15, 0.2) is 0 Å². The third kappa shape index (κ3) is 2.49. The molecule has 5 nitrogen and oxygen atoms in total. The second-order valence-corrected chi connectivity index (χ2v) is 4.89. The normalized spacial score (nSPS) is 13.7. The minimum atomic E-state index is -0.0422. The topological polar surface area (TPSA) is 83.9 Å². The quantitative estimate of drug-likeness (QED) is 0.848. The number of pyridine rings is 1. The van der Waals surface area contributed by atoms with Crippen LogP contribution >= 0.6 is 11.6 Å². The molecule has 6 heteroatoms. The van der Waals surface area contributed by atoms with Gasteiger partial charge in [0.25, 0.3) is 0 Å². The van der Waals surface area contributed by atoms with E-state index in [4.69, 9.17) is 16.7 Å². The zero-order valence-electron chi connectivity index (χ0n) is 10.5. The molecule has 1 heterocycles. The molecule has 1 saturated carbocycles. The highest BCUT2D eigenvalue weighted by Crippen LogP contribution is 2.46. The van der Waals surface area contributed by atoms with Crippen molar-refractivity contribution >= 4 is 17.4 Å². The Morgan fingerprint density at radius 1 is 1.37 bits per heavy atom. The van der Waals surface area contributed by atoms with E-state index in [0.29, 0.717) is 29.1 Å². The molecule has 1 N–H and O–H groups in total. The van der Waals surface area contributed by atoms with Gasteiger partial charge in [-0.1, -0.05) is 11.6 Å². The van der Waals surface area contributed by atoms with E-state index in [1.807, 2.05) is 6.07 Å². The molecule has 1 aromatic heterocycles. The van der Waals surface area contributed by atoms with Crippen molar-refractivity contribution in [1.29, 1.82) is 10.5 Å². The van der Waals surface area contributed by atoms with E-state index >= 15 is 0 Å². The van der Waals surface area contributed by atoms with Crippen LogP contribution in [0, 0.1) is 22.7 Å². The molecule has 1 fully saturated rings. The molecule has 1 aromatic rings. The second kappa shape index (κ2) is 5.44. The van der Waals surface area contributed by atoms with Crippen LogP contribution in [0.1, 0.15) is 35.4 Å². The summed E-state index contributed by atoms with van der Waals surface area (Å²) in [5.74, 6) is 0.661. The number of hydrogen-bond acceptors (Lipinski definition) is 5. The number of anilines is 1. The number of aliphatic hydroxyl groups is 1. The number of rotatable bonds is 4. The Bertz CT molecular complexity index is 584. The van der Waals surface area contributed by atoms with Crippen LogP contribution in [0.25, 0.3) is 0 Å². The summed E-state index contributed by atoms with van der Waals surface area (Å²) in [6.07, 6.45) is 1.93. The lowest BCUT2D eigenvalue weighted by atomic mass is 10.00. The lowest BCUT2D eigenvalue weighted by Crippen LogP contribution is -2.24. The molecular weight excluding hydrogens is 264 g/mol. The van der Waals surface area contributed by atoms with Gasteiger partial charge in [-0.05, 0) is 24.3 Å². The van der Waals surface area contributed by atoms with Crippen LogP contribution in [0.15, 0.2) is 0 Å². The van der Waals surface area contributed by atoms with Crippen LogP contribution in [-0.4, -0.2) is 30.3 Å². The minimum Gasteiger partial charge on any atom is -0.395 e. The summed E-state index contributed by atoms with van der Waals surface area (Å²) in [6.45, 7) is 0.313. The maximum atomic E-state index is 9.37. The first kappa shape index (κ1) is 13.6. The molecule has 0 saturated heterocycles. The highest BCUT2D eigenvalue weighted by atomic mass is 35.5. The fourth-order valence-corrected chi connectivity index (χ4v) is 2.31. The van der Waals surface area contributed by atoms with Crippen molar-refractivity contribution in [3.63, 3.8) is 0 Å². The van der Waals surface area contributed by atoms with Crippen LogP contribution in [0.3, 0.4) is 0 Å². The zero-order chi connectivity index (χ0) is 14.0. The van der Waals surface area contributed by atoms with Crippen molar-refractivity contribution in [2.75, 3.05) is 25.1 Å². The van der Waals surface area contributed by atoms with Crippen LogP contribution < -0.4 is 4.90 Å². The van der Waals surface area contributed by atoms with E-state index in [-0.39, 0.29) is 17.7 Å². The number of likely N-dealkylation sites (N-methyl/N-ethyl adjacent to an activating group) is 1. The molecule has 1 aliphatic rings. The molecule has 98 valence electrons. The smallest absolute Gasteiger partial charge is 0.149 e. The summed E-state index contributed by atoms with van der Waals surface area (Å²) in [5.41, 5.74) is 1.42. The molecule has 0 bridgehead atoms. The Balaban J connectivity index is 2.63. The average molecular weight is 277 g/mol. The number of hydrogen-bond donors (Lipinski definition) is 1. The maximum Gasteiger partial charge on any atom is 0.149 e. The first-order valence-electron chi connectivity index (χ1n) is 5.99. The fraction of sp³-hybridized carbons (Fsp3) is 0.462. The predicted molar refractivity (Wildman–Crippen MR) is 71.0 cm³/mol. The number of halogens is 1. The van der Waals surface area contributed by atoms with Gasteiger partial charge in [0.2, 0.25) is 0 Å². The van der Waals surface area contributed by atoms with E-state index < -0.39 is 0 Å². The lowest BCUT2D eigenvalue weighted by Gasteiger charge is -2.20. The van der Waals surface area contributed by atoms with Gasteiger partial charge in [-0.2, -0.15) is 10.5 Å². The van der Waals surface area contributed by atoms with Gasteiger partial charge in [-0.25, -0.2) is 4.98 Å². The molecule has 0 amide bonds. The van der Waals surface area contributed by atoms with E-state index in [9.17, 15) is 10.5 Å². The third-order valence-electron chi connectivity index (χ3n) is 3.18. The Labute approximate surface area is 116 Å². The lowest BCUT2D eigenvalue weighted by molar-refractivity contribution is 0.304. The summed E-state index contributed by atoms with van der Waals surface area (Å²) < 4.78 is 0. The number of aliphatic hydroxyl groups excluding tert-OH is 1. The van der Waals surface area contributed by atoms with Crippen molar-refractivity contribution in [2.24, 2.45) is 0 Å². The van der Waals surface area contributed by atoms with E-state index in [2.05, 4.69) is 11.1 Å². The zero-order valence-corrected chi connectivity index (χ0v) is 11.3. The molecule has 0 spiro atoms. The Kier molecular flexibility index (Phi) is 3.90. The first-order chi connectivity index (χ1) is 9.13. The fourth-order valence-electron chi connectivity index (χ4n) is 2.09. The van der Waals surface area contributed by atoms with Crippen LogP contribution in [0.5, 0.6) is 0 Å². The molecule has 0 aromatic carbocycles. The Morgan fingerprint density at radius 2 is 2.00 bits per heavy atom. The van der Waals surface area contributed by atoms with E-state index in [1.54, 1.807) is 11.9 Å². The molecular formula is C13H13ClN4O. The monoisotopic (exact) mass is 276 g/mol. The van der Waals surface area contributed by atoms with Crippen molar-refractivity contribution in [3.8, 4) is 12.1 Å². The number of aromatic nitrogens is 1. The summed E-state index contributed by atoms with van der Waals surface area (Å²) in [4.78, 5) is 5.82. The molecule has 0 aliphatic heterocycles. The standard InChI is InChI=1S/C13H13ClN4O/c1-18(4-5-19)13-10(7-16)11(8-2-3-8)9(6-15)12(14)17-13/h8,19H,2-5H2,1H3. The van der Waals surface area contributed by atoms with Gasteiger partial charge < -0.3 is 10.0 Å². The second-order valence-electron chi connectivity index (χ2n) is 4.53. The van der Waals surface area contributed by atoms with Crippen LogP contribution in [-0.2, 0) is 0 Å². The molecule has 1 aliphatic carbocycles. The summed E-state index contributed by atoms with van der Waals surface area (Å²) >= 11 is 6.05. The molecule has 0 atom stereocenters. The highest BCUT2D eigenvalue weighted by molar-refractivity contribution is 6.30. The molecule has 19 heavy (non-hydrogen) atoms. The molecule has 2 rings (SSSR count). The van der Waals surface area contributed by atoms with Gasteiger partial charge in [0.1, 0.15) is 23.1 Å². The predicted octanol–water partition coefficient (Wildman–Crippen LogP) is 1.78. The Morgan fingerprint density at radius 3 is 2.47 bits per heavy atom. The molecule has 0 radical (unpaired) electrons. The van der Waals surface area contributed by atoms with Gasteiger partial charge in [0.05, 0.1) is 17.7 Å². The first-order valence-corrected chi connectivity index (χ1v) is 6.37. The minimum absolute atomic E-state index is 0.0422. The van der Waals surface area contributed by atoms with Crippen molar-refractivity contribution in [2.45, 2.75) is 18.8 Å². The Hall–Kier alpha value is -1.82. The van der Waals surface area contributed by atoms with Crippen LogP contribution in [0.2, 0.25) is 5.15 Å². The SMILES string of the molecule is CN(CCO)c1nc(Cl)c(C#N)c(C2CC2)c1C#N. The molecule has 0 unspecified atom stereocenters. The van der Waals surface area contributed by atoms with Gasteiger partial charge in [-0.15, -0.1) is 0 Å². The largest absolute Gasteiger partial charge is 0.395 e. The van der Waals surface area contributed by atoms with Crippen molar-refractivity contribution < 1.29 is 5.11 Å². The van der Waals surface area contributed by atoms with Crippen LogP contribution in [0.4, 0.5) is 5.82 Å². The summed E-state index contributed by atoms with van der Waals surface area (Å²) in [6, 6.07) is 4.18. The summed E-state index contributed by atoms with van der Waals surface area (Å²) in [7, 11) is 1.73. The van der Waals surface area contributed by atoms with Gasteiger partial charge >= 0.3 is 0 Å². The van der Waals surface area contributed by atoms with E-state index in [0.717, 1.165) is 12.8 Å².